The number of anilines is 1. The van der Waals surface area contributed by atoms with E-state index < -0.39 is 0 Å². The number of amides is 1. The number of aromatic nitrogens is 6. The van der Waals surface area contributed by atoms with Crippen LogP contribution < -0.4 is 9.64 Å². The Balaban J connectivity index is 1.39. The summed E-state index contributed by atoms with van der Waals surface area (Å²) < 4.78 is 16.0. The standard InChI is InChI=1S/C28H36N8O3/c1-5-22-29-20-8-6-7-9-21(20)36(22)27-31-24-23(25(32-27)34-14-16-38-17-15-34)30-28(33(24)4)39-19-10-12-35(13-11-19)26(37)18(2)3/h6-9,18-19H,5,10-17H2,1-4H3. The van der Waals surface area contributed by atoms with Crippen LogP contribution in [-0.4, -0.2) is 85.4 Å². The molecule has 4 aromatic rings. The SMILES string of the molecule is CCc1nc2ccccc2n1-c1nc(N2CCOCC2)c2nc(OC3CCN(C(=O)C(C)C)CC3)n(C)c2n1. The van der Waals surface area contributed by atoms with Gasteiger partial charge in [0.25, 0.3) is 6.01 Å². The van der Waals surface area contributed by atoms with Crippen LogP contribution in [0.1, 0.15) is 39.4 Å². The number of carbonyl (C=O) groups excluding carboxylic acids is 1. The molecule has 0 bridgehead atoms. The van der Waals surface area contributed by atoms with Crippen LogP contribution in [0.25, 0.3) is 28.1 Å². The third kappa shape index (κ3) is 4.69. The minimum absolute atomic E-state index is 0.00882. The minimum Gasteiger partial charge on any atom is -0.461 e. The summed E-state index contributed by atoms with van der Waals surface area (Å²) in [5.74, 6) is 2.47. The summed E-state index contributed by atoms with van der Waals surface area (Å²) in [7, 11) is 1.94. The molecule has 5 heterocycles. The van der Waals surface area contributed by atoms with Gasteiger partial charge in [0.2, 0.25) is 11.9 Å². The van der Waals surface area contributed by atoms with Gasteiger partial charge in [-0.1, -0.05) is 32.9 Å². The summed E-state index contributed by atoms with van der Waals surface area (Å²) in [5.41, 5.74) is 3.32. The highest BCUT2D eigenvalue weighted by atomic mass is 16.5. The van der Waals surface area contributed by atoms with Crippen molar-refractivity contribution in [1.29, 1.82) is 0 Å². The Morgan fingerprint density at radius 3 is 2.51 bits per heavy atom. The van der Waals surface area contributed by atoms with Crippen molar-refractivity contribution in [3.8, 4) is 12.0 Å². The monoisotopic (exact) mass is 532 g/mol. The molecule has 6 rings (SSSR count). The van der Waals surface area contributed by atoms with Gasteiger partial charge in [-0.2, -0.15) is 15.0 Å². The average Bonchev–Trinajstić information content (AvgIpc) is 3.50. The van der Waals surface area contributed by atoms with E-state index in [-0.39, 0.29) is 17.9 Å². The maximum atomic E-state index is 12.4. The van der Waals surface area contributed by atoms with Crippen molar-refractivity contribution in [2.45, 2.75) is 46.1 Å². The fraction of sp³-hybridized carbons (Fsp3) is 0.536. The lowest BCUT2D eigenvalue weighted by Gasteiger charge is -2.32. The zero-order valence-corrected chi connectivity index (χ0v) is 23.1. The second-order valence-electron chi connectivity index (χ2n) is 10.6. The van der Waals surface area contributed by atoms with Crippen LogP contribution in [0.4, 0.5) is 5.82 Å². The Bertz CT molecular complexity index is 1500. The zero-order valence-electron chi connectivity index (χ0n) is 23.1. The molecule has 39 heavy (non-hydrogen) atoms. The molecule has 0 N–H and O–H groups in total. The van der Waals surface area contributed by atoms with Crippen LogP contribution in [0.15, 0.2) is 24.3 Å². The number of benzene rings is 1. The van der Waals surface area contributed by atoms with E-state index in [1.807, 2.05) is 53.1 Å². The summed E-state index contributed by atoms with van der Waals surface area (Å²) in [4.78, 5) is 36.4. The van der Waals surface area contributed by atoms with Gasteiger partial charge in [-0.15, -0.1) is 0 Å². The van der Waals surface area contributed by atoms with Gasteiger partial charge in [0.05, 0.1) is 24.2 Å². The normalized spacial score (nSPS) is 17.1. The van der Waals surface area contributed by atoms with Crippen LogP contribution in [0, 0.1) is 5.92 Å². The van der Waals surface area contributed by atoms with Gasteiger partial charge in [0, 0.05) is 58.4 Å². The Hall–Kier alpha value is -3.73. The lowest BCUT2D eigenvalue weighted by Crippen LogP contribution is -2.43. The topological polar surface area (TPSA) is 103 Å². The number of para-hydroxylation sites is 2. The van der Waals surface area contributed by atoms with Crippen molar-refractivity contribution in [2.24, 2.45) is 13.0 Å². The second-order valence-corrected chi connectivity index (χ2v) is 10.6. The smallest absolute Gasteiger partial charge is 0.298 e. The molecule has 2 aliphatic heterocycles. The fourth-order valence-electron chi connectivity index (χ4n) is 5.46. The predicted molar refractivity (Wildman–Crippen MR) is 148 cm³/mol. The summed E-state index contributed by atoms with van der Waals surface area (Å²) >= 11 is 0. The molecule has 206 valence electrons. The number of hydrogen-bond acceptors (Lipinski definition) is 8. The highest BCUT2D eigenvalue weighted by molar-refractivity contribution is 5.86. The first kappa shape index (κ1) is 25.5. The second kappa shape index (κ2) is 10.4. The number of likely N-dealkylation sites (tertiary alicyclic amines) is 1. The molecule has 0 radical (unpaired) electrons. The molecule has 2 aliphatic rings. The maximum Gasteiger partial charge on any atom is 0.298 e. The molecule has 0 saturated carbocycles. The number of piperidine rings is 1. The fourth-order valence-corrected chi connectivity index (χ4v) is 5.46. The van der Waals surface area contributed by atoms with Gasteiger partial charge in [0.15, 0.2) is 17.0 Å². The number of aryl methyl sites for hydroxylation is 2. The molecule has 0 aliphatic carbocycles. The number of imidazole rings is 2. The molecule has 2 saturated heterocycles. The number of hydrogen-bond donors (Lipinski definition) is 0. The number of carbonyl (C=O) groups is 1. The van der Waals surface area contributed by atoms with Crippen molar-refractivity contribution in [3.05, 3.63) is 30.1 Å². The Labute approximate surface area is 227 Å². The quantitative estimate of drug-likeness (QED) is 0.373. The van der Waals surface area contributed by atoms with E-state index in [2.05, 4.69) is 17.9 Å². The van der Waals surface area contributed by atoms with E-state index in [9.17, 15) is 4.79 Å². The van der Waals surface area contributed by atoms with Gasteiger partial charge in [-0.3, -0.25) is 13.9 Å². The van der Waals surface area contributed by atoms with Gasteiger partial charge in [-0.05, 0) is 12.1 Å². The van der Waals surface area contributed by atoms with E-state index in [1.165, 1.54) is 0 Å². The number of nitrogens with zero attached hydrogens (tertiary/aromatic N) is 8. The molecule has 2 fully saturated rings. The zero-order chi connectivity index (χ0) is 27.1. The van der Waals surface area contributed by atoms with E-state index in [4.69, 9.17) is 29.4 Å². The first-order valence-electron chi connectivity index (χ1n) is 13.9. The highest BCUT2D eigenvalue weighted by Crippen LogP contribution is 2.31. The summed E-state index contributed by atoms with van der Waals surface area (Å²) in [6.45, 7) is 10.1. The summed E-state index contributed by atoms with van der Waals surface area (Å²) in [6, 6.07) is 8.60. The van der Waals surface area contributed by atoms with Crippen molar-refractivity contribution in [2.75, 3.05) is 44.3 Å². The molecule has 11 nitrogen and oxygen atoms in total. The molecular formula is C28H36N8O3. The van der Waals surface area contributed by atoms with Crippen molar-refractivity contribution >= 4 is 33.9 Å². The molecule has 3 aromatic heterocycles. The average molecular weight is 533 g/mol. The van der Waals surface area contributed by atoms with Crippen LogP contribution in [0.5, 0.6) is 6.01 Å². The number of ether oxygens (including phenoxy) is 2. The Morgan fingerprint density at radius 1 is 1.05 bits per heavy atom. The molecule has 0 spiro atoms. The number of rotatable bonds is 6. The molecule has 1 amide bonds. The minimum atomic E-state index is -0.0136. The molecule has 1 aromatic carbocycles. The van der Waals surface area contributed by atoms with Crippen LogP contribution >= 0.6 is 0 Å². The van der Waals surface area contributed by atoms with Gasteiger partial charge >= 0.3 is 0 Å². The van der Waals surface area contributed by atoms with Crippen molar-refractivity contribution in [1.82, 2.24) is 34.0 Å². The van der Waals surface area contributed by atoms with E-state index in [1.54, 1.807) is 0 Å². The largest absolute Gasteiger partial charge is 0.461 e. The third-order valence-electron chi connectivity index (χ3n) is 7.62. The lowest BCUT2D eigenvalue weighted by atomic mass is 10.1. The molecular weight excluding hydrogens is 496 g/mol. The van der Waals surface area contributed by atoms with Gasteiger partial charge < -0.3 is 19.3 Å². The molecule has 0 unspecified atom stereocenters. The van der Waals surface area contributed by atoms with Crippen molar-refractivity contribution in [3.63, 3.8) is 0 Å². The summed E-state index contributed by atoms with van der Waals surface area (Å²) in [6.07, 6.45) is 2.28. The first-order valence-corrected chi connectivity index (χ1v) is 13.9. The molecule has 0 atom stereocenters. The van der Waals surface area contributed by atoms with E-state index in [0.29, 0.717) is 49.4 Å². The predicted octanol–water partition coefficient (Wildman–Crippen LogP) is 3.13. The van der Waals surface area contributed by atoms with Crippen LogP contribution in [0.2, 0.25) is 0 Å². The molecule has 11 heteroatoms. The van der Waals surface area contributed by atoms with Gasteiger partial charge in [-0.25, -0.2) is 4.98 Å². The van der Waals surface area contributed by atoms with Crippen molar-refractivity contribution < 1.29 is 14.3 Å². The van der Waals surface area contributed by atoms with Crippen LogP contribution in [-0.2, 0) is 23.0 Å². The van der Waals surface area contributed by atoms with E-state index >= 15 is 0 Å². The highest BCUT2D eigenvalue weighted by Gasteiger charge is 2.28. The lowest BCUT2D eigenvalue weighted by molar-refractivity contribution is -0.136. The van der Waals surface area contributed by atoms with Crippen LogP contribution in [0.3, 0.4) is 0 Å². The van der Waals surface area contributed by atoms with Gasteiger partial charge in [0.1, 0.15) is 11.9 Å². The third-order valence-corrected chi connectivity index (χ3v) is 7.62. The maximum absolute atomic E-state index is 12.4. The number of morpholine rings is 1. The Kier molecular flexibility index (Phi) is 6.84. The Morgan fingerprint density at radius 2 is 1.79 bits per heavy atom. The van der Waals surface area contributed by atoms with E-state index in [0.717, 1.165) is 55.0 Å². The first-order chi connectivity index (χ1) is 18.9. The summed E-state index contributed by atoms with van der Waals surface area (Å²) in [5, 5.41) is 0. The number of fused-ring (bicyclic) bond motifs is 2.